The average molecular weight is 335 g/mol. The predicted molar refractivity (Wildman–Crippen MR) is 88.2 cm³/mol. The maximum absolute atomic E-state index is 12.9. The van der Waals surface area contributed by atoms with E-state index in [1.165, 1.54) is 23.9 Å². The Morgan fingerprint density at radius 3 is 2.50 bits per heavy atom. The molecular weight excluding hydrogens is 323 g/mol. The molecule has 0 spiro atoms. The molecule has 1 saturated heterocycles. The number of thioether (sulfide) groups is 1. The Kier molecular flexibility index (Phi) is 4.45. The van der Waals surface area contributed by atoms with Gasteiger partial charge in [0.15, 0.2) is 5.17 Å². The molecule has 1 aliphatic rings. The number of hydrogen-bond acceptors (Lipinski definition) is 3. The molecule has 1 N–H and O–H groups in total. The van der Waals surface area contributed by atoms with Crippen molar-refractivity contribution in [3.05, 3.63) is 64.9 Å². The van der Waals surface area contributed by atoms with Gasteiger partial charge in [-0.1, -0.05) is 35.5 Å². The Balaban J connectivity index is 1.70. The first-order valence-corrected chi connectivity index (χ1v) is 7.92. The third-order valence-corrected chi connectivity index (χ3v) is 4.50. The van der Waals surface area contributed by atoms with Crippen LogP contribution in [0.25, 0.3) is 0 Å². The van der Waals surface area contributed by atoms with Gasteiger partial charge in [-0.25, -0.2) is 9.38 Å². The summed E-state index contributed by atoms with van der Waals surface area (Å²) < 4.78 is 12.9. The zero-order valence-electron chi connectivity index (χ0n) is 11.4. The zero-order valence-corrected chi connectivity index (χ0v) is 13.0. The van der Waals surface area contributed by atoms with E-state index in [0.29, 0.717) is 22.3 Å². The molecule has 1 fully saturated rings. The Hall–Kier alpha value is -1.85. The lowest BCUT2D eigenvalue weighted by molar-refractivity contribution is -0.118. The Morgan fingerprint density at radius 2 is 1.82 bits per heavy atom. The van der Waals surface area contributed by atoms with Crippen molar-refractivity contribution < 1.29 is 9.18 Å². The monoisotopic (exact) mass is 334 g/mol. The van der Waals surface area contributed by atoms with Crippen molar-refractivity contribution in [2.24, 2.45) is 4.99 Å². The van der Waals surface area contributed by atoms with Gasteiger partial charge >= 0.3 is 0 Å². The predicted octanol–water partition coefficient (Wildman–Crippen LogP) is 3.94. The minimum Gasteiger partial charge on any atom is -0.304 e. The normalized spacial score (nSPS) is 19.5. The molecule has 0 aromatic heterocycles. The van der Waals surface area contributed by atoms with Crippen LogP contribution >= 0.6 is 23.4 Å². The molecule has 0 unspecified atom stereocenters. The van der Waals surface area contributed by atoms with Crippen LogP contribution in [0.15, 0.2) is 53.5 Å². The number of amides is 1. The lowest BCUT2D eigenvalue weighted by atomic mass is 10.1. The third kappa shape index (κ3) is 3.67. The van der Waals surface area contributed by atoms with Gasteiger partial charge in [-0.2, -0.15) is 0 Å². The van der Waals surface area contributed by atoms with Crippen LogP contribution in [0.1, 0.15) is 5.56 Å². The van der Waals surface area contributed by atoms with Gasteiger partial charge in [-0.05, 0) is 48.4 Å². The fourth-order valence-corrected chi connectivity index (χ4v) is 3.21. The summed E-state index contributed by atoms with van der Waals surface area (Å²) in [5.41, 5.74) is 1.65. The van der Waals surface area contributed by atoms with Gasteiger partial charge in [-0.3, -0.25) is 4.79 Å². The second-order valence-electron chi connectivity index (χ2n) is 4.82. The summed E-state index contributed by atoms with van der Waals surface area (Å²) in [6.07, 6.45) is 0.607. The molecule has 1 amide bonds. The molecule has 1 heterocycles. The summed E-state index contributed by atoms with van der Waals surface area (Å²) >= 11 is 7.23. The van der Waals surface area contributed by atoms with Crippen LogP contribution in [-0.4, -0.2) is 16.3 Å². The summed E-state index contributed by atoms with van der Waals surface area (Å²) in [5.74, 6) is -0.381. The first-order valence-electron chi connectivity index (χ1n) is 6.66. The Morgan fingerprint density at radius 1 is 1.14 bits per heavy atom. The van der Waals surface area contributed by atoms with Gasteiger partial charge in [-0.15, -0.1) is 0 Å². The van der Waals surface area contributed by atoms with E-state index in [-0.39, 0.29) is 17.0 Å². The van der Waals surface area contributed by atoms with Crippen molar-refractivity contribution >= 4 is 40.1 Å². The maximum atomic E-state index is 12.9. The molecule has 112 valence electrons. The summed E-state index contributed by atoms with van der Waals surface area (Å²) in [6.45, 7) is 0. The van der Waals surface area contributed by atoms with Crippen LogP contribution in [-0.2, 0) is 11.2 Å². The van der Waals surface area contributed by atoms with Crippen LogP contribution in [0.2, 0.25) is 5.02 Å². The molecule has 1 aliphatic heterocycles. The van der Waals surface area contributed by atoms with Crippen LogP contribution in [0.5, 0.6) is 0 Å². The second kappa shape index (κ2) is 6.50. The standard InChI is InChI=1S/C16H12ClFN2OS/c17-11-3-1-10(2-4-11)9-14-15(21)20-16(22-14)19-13-7-5-12(18)6-8-13/h1-8,14H,9H2,(H,19,20,21)/t14-/m0/s1. The first-order chi connectivity index (χ1) is 10.6. The number of carbonyl (C=O) groups is 1. The van der Waals surface area contributed by atoms with E-state index < -0.39 is 0 Å². The number of hydrogen-bond donors (Lipinski definition) is 1. The SMILES string of the molecule is O=C1NC(=Nc2ccc(F)cc2)S[C@H]1Cc1ccc(Cl)cc1. The van der Waals surface area contributed by atoms with Crippen LogP contribution in [0.3, 0.4) is 0 Å². The second-order valence-corrected chi connectivity index (χ2v) is 6.45. The largest absolute Gasteiger partial charge is 0.304 e. The van der Waals surface area contributed by atoms with Gasteiger partial charge < -0.3 is 5.32 Å². The van der Waals surface area contributed by atoms with Crippen molar-refractivity contribution in [2.45, 2.75) is 11.7 Å². The van der Waals surface area contributed by atoms with E-state index in [1.54, 1.807) is 12.1 Å². The minimum atomic E-state index is -0.312. The van der Waals surface area contributed by atoms with Crippen LogP contribution < -0.4 is 5.32 Å². The fourth-order valence-electron chi connectivity index (χ4n) is 2.06. The molecule has 2 aromatic carbocycles. The molecular formula is C16H12ClFN2OS. The van der Waals surface area contributed by atoms with E-state index >= 15 is 0 Å². The third-order valence-electron chi connectivity index (χ3n) is 3.17. The van der Waals surface area contributed by atoms with Gasteiger partial charge in [0.1, 0.15) is 5.82 Å². The minimum absolute atomic E-state index is 0.0687. The molecule has 0 saturated carbocycles. The van der Waals surface area contributed by atoms with Crippen LogP contribution in [0, 0.1) is 5.82 Å². The first kappa shape index (κ1) is 15.1. The number of aliphatic imine (C=N–C) groups is 1. The van der Waals surface area contributed by atoms with Gasteiger partial charge in [0.05, 0.1) is 10.9 Å². The number of nitrogens with one attached hydrogen (secondary N) is 1. The highest BCUT2D eigenvalue weighted by molar-refractivity contribution is 8.15. The van der Waals surface area contributed by atoms with E-state index in [2.05, 4.69) is 10.3 Å². The molecule has 1 atom stereocenters. The number of carbonyl (C=O) groups excluding carboxylic acids is 1. The summed E-state index contributed by atoms with van der Waals surface area (Å²) in [6, 6.07) is 13.3. The van der Waals surface area contributed by atoms with Gasteiger partial charge in [0.2, 0.25) is 5.91 Å². The Bertz CT molecular complexity index is 716. The summed E-state index contributed by atoms with van der Waals surface area (Å²) in [7, 11) is 0. The van der Waals surface area contributed by atoms with Crippen molar-refractivity contribution in [3.63, 3.8) is 0 Å². The topological polar surface area (TPSA) is 41.5 Å². The molecule has 22 heavy (non-hydrogen) atoms. The van der Waals surface area contributed by atoms with E-state index in [4.69, 9.17) is 11.6 Å². The molecule has 2 aromatic rings. The number of benzene rings is 2. The van der Waals surface area contributed by atoms with Gasteiger partial charge in [0, 0.05) is 5.02 Å². The van der Waals surface area contributed by atoms with Crippen molar-refractivity contribution in [1.29, 1.82) is 0 Å². The quantitative estimate of drug-likeness (QED) is 0.923. The summed E-state index contributed by atoms with van der Waals surface area (Å²) in [4.78, 5) is 16.3. The Labute approximate surface area is 136 Å². The molecule has 0 aliphatic carbocycles. The summed E-state index contributed by atoms with van der Waals surface area (Å²) in [5, 5.41) is 3.74. The van der Waals surface area contributed by atoms with Gasteiger partial charge in [0.25, 0.3) is 0 Å². The smallest absolute Gasteiger partial charge is 0.239 e. The lowest BCUT2D eigenvalue weighted by Crippen LogP contribution is -2.25. The van der Waals surface area contributed by atoms with Crippen molar-refractivity contribution in [1.82, 2.24) is 5.32 Å². The molecule has 6 heteroatoms. The maximum Gasteiger partial charge on any atom is 0.239 e. The molecule has 3 rings (SSSR count). The number of halogens is 2. The lowest BCUT2D eigenvalue weighted by Gasteiger charge is -2.05. The van der Waals surface area contributed by atoms with E-state index in [0.717, 1.165) is 5.56 Å². The molecule has 0 bridgehead atoms. The fraction of sp³-hybridized carbons (Fsp3) is 0.125. The highest BCUT2D eigenvalue weighted by Crippen LogP contribution is 2.26. The number of amidine groups is 1. The number of rotatable bonds is 3. The van der Waals surface area contributed by atoms with Crippen LogP contribution in [0.4, 0.5) is 10.1 Å². The molecule has 0 radical (unpaired) electrons. The average Bonchev–Trinajstić information content (AvgIpc) is 2.84. The highest BCUT2D eigenvalue weighted by Gasteiger charge is 2.30. The van der Waals surface area contributed by atoms with Crippen molar-refractivity contribution in [3.8, 4) is 0 Å². The number of nitrogens with zero attached hydrogens (tertiary/aromatic N) is 1. The van der Waals surface area contributed by atoms with E-state index in [1.807, 2.05) is 24.3 Å². The highest BCUT2D eigenvalue weighted by atomic mass is 35.5. The van der Waals surface area contributed by atoms with Crippen molar-refractivity contribution in [2.75, 3.05) is 0 Å². The van der Waals surface area contributed by atoms with E-state index in [9.17, 15) is 9.18 Å². The zero-order chi connectivity index (χ0) is 15.5. The molecule has 3 nitrogen and oxygen atoms in total.